The molecule has 3 aromatic rings. The van der Waals surface area contributed by atoms with Crippen LogP contribution >= 0.6 is 23.2 Å². The number of halogens is 2. The largest absolute Gasteiger partial charge is 0.277 e. The van der Waals surface area contributed by atoms with E-state index in [4.69, 9.17) is 23.2 Å². The van der Waals surface area contributed by atoms with Crippen LogP contribution in [0.25, 0.3) is 0 Å². The fraction of sp³-hybridized carbons (Fsp3) is 0. The van der Waals surface area contributed by atoms with Gasteiger partial charge in [-0.3, -0.25) is 19.8 Å². The number of amides is 1. The van der Waals surface area contributed by atoms with Crippen LogP contribution in [0, 0.1) is 10.1 Å². The molecule has 0 aromatic heterocycles. The predicted molar refractivity (Wildman–Crippen MR) is 102 cm³/mol. The summed E-state index contributed by atoms with van der Waals surface area (Å²) in [6.07, 6.45) is 0. The van der Waals surface area contributed by atoms with Crippen LogP contribution in [0.15, 0.2) is 72.8 Å². The van der Waals surface area contributed by atoms with Crippen molar-refractivity contribution in [1.29, 1.82) is 0 Å². The van der Waals surface area contributed by atoms with Gasteiger partial charge in [-0.25, -0.2) is 0 Å². The maximum atomic E-state index is 13.2. The molecule has 1 amide bonds. The van der Waals surface area contributed by atoms with Crippen LogP contribution in [0.2, 0.25) is 10.0 Å². The number of anilines is 2. The highest BCUT2D eigenvalue weighted by Crippen LogP contribution is 2.31. The summed E-state index contributed by atoms with van der Waals surface area (Å²) >= 11 is 12.1. The number of non-ortho nitro benzene ring substituents is 1. The molecule has 0 saturated carbocycles. The molecule has 0 heterocycles. The summed E-state index contributed by atoms with van der Waals surface area (Å²) in [6, 6.07) is 19.3. The number of hydrogen-bond donors (Lipinski definition) is 0. The van der Waals surface area contributed by atoms with Crippen LogP contribution < -0.4 is 4.90 Å². The number of carbonyl (C=O) groups is 1. The van der Waals surface area contributed by atoms with Gasteiger partial charge in [0.15, 0.2) is 0 Å². The number of rotatable bonds is 4. The third-order valence-electron chi connectivity index (χ3n) is 3.70. The molecular weight excluding hydrogens is 375 g/mol. The Labute approximate surface area is 159 Å². The summed E-state index contributed by atoms with van der Waals surface area (Å²) in [5.74, 6) is -0.369. The highest BCUT2D eigenvalue weighted by atomic mass is 35.5. The number of nitro groups is 1. The third-order valence-corrected chi connectivity index (χ3v) is 4.25. The second-order valence-corrected chi connectivity index (χ2v) is 6.22. The van der Waals surface area contributed by atoms with Crippen LogP contribution in [0.4, 0.5) is 17.1 Å². The zero-order valence-corrected chi connectivity index (χ0v) is 14.8. The minimum atomic E-state index is -0.492. The van der Waals surface area contributed by atoms with Crippen molar-refractivity contribution in [1.82, 2.24) is 0 Å². The van der Waals surface area contributed by atoms with Gasteiger partial charge in [-0.1, -0.05) is 41.4 Å². The molecular formula is C19H12Cl2N2O3. The smallest absolute Gasteiger partial charge is 0.269 e. The Balaban J connectivity index is 2.09. The predicted octanol–water partition coefficient (Wildman–Crippen LogP) is 5.88. The molecule has 7 heteroatoms. The van der Waals surface area contributed by atoms with E-state index < -0.39 is 4.92 Å². The lowest BCUT2D eigenvalue weighted by molar-refractivity contribution is -0.384. The first kappa shape index (κ1) is 17.9. The van der Waals surface area contributed by atoms with Crippen LogP contribution in [0.3, 0.4) is 0 Å². The number of benzene rings is 3. The summed E-state index contributed by atoms with van der Waals surface area (Å²) in [6.45, 7) is 0. The number of nitrogens with zero attached hydrogens (tertiary/aromatic N) is 2. The summed E-state index contributed by atoms with van der Waals surface area (Å²) in [7, 11) is 0. The van der Waals surface area contributed by atoms with Crippen molar-refractivity contribution < 1.29 is 9.72 Å². The molecule has 0 aliphatic rings. The fourth-order valence-electron chi connectivity index (χ4n) is 2.47. The SMILES string of the molecule is O=C(c1ccc(Cl)cc1Cl)N(c1ccccc1)c1ccc([N+](=O)[O-])cc1. The molecule has 0 saturated heterocycles. The Kier molecular flexibility index (Phi) is 5.21. The summed E-state index contributed by atoms with van der Waals surface area (Å²) in [5, 5.41) is 11.5. The van der Waals surface area contributed by atoms with Gasteiger partial charge in [-0.05, 0) is 42.5 Å². The molecule has 0 spiro atoms. The molecule has 3 aromatic carbocycles. The number of para-hydroxylation sites is 1. The van der Waals surface area contributed by atoms with Crippen molar-refractivity contribution >= 4 is 46.2 Å². The van der Waals surface area contributed by atoms with Gasteiger partial charge in [0.1, 0.15) is 0 Å². The second-order valence-electron chi connectivity index (χ2n) is 5.37. The lowest BCUT2D eigenvalue weighted by atomic mass is 10.1. The first-order valence-electron chi connectivity index (χ1n) is 7.56. The van der Waals surface area contributed by atoms with Crippen molar-refractivity contribution in [3.63, 3.8) is 0 Å². The van der Waals surface area contributed by atoms with E-state index in [1.54, 1.807) is 36.4 Å². The van der Waals surface area contributed by atoms with E-state index in [0.29, 0.717) is 16.4 Å². The van der Waals surface area contributed by atoms with Crippen molar-refractivity contribution in [2.75, 3.05) is 4.90 Å². The van der Waals surface area contributed by atoms with E-state index >= 15 is 0 Å². The van der Waals surface area contributed by atoms with Crippen LogP contribution in [-0.2, 0) is 0 Å². The van der Waals surface area contributed by atoms with Crippen molar-refractivity contribution in [2.24, 2.45) is 0 Å². The molecule has 5 nitrogen and oxygen atoms in total. The number of carbonyl (C=O) groups excluding carboxylic acids is 1. The van der Waals surface area contributed by atoms with Gasteiger partial charge in [0.2, 0.25) is 0 Å². The molecule has 0 N–H and O–H groups in total. The molecule has 0 unspecified atom stereocenters. The van der Waals surface area contributed by atoms with E-state index in [-0.39, 0.29) is 22.2 Å². The average Bonchev–Trinajstić information content (AvgIpc) is 2.63. The van der Waals surface area contributed by atoms with E-state index in [0.717, 1.165) is 0 Å². The molecule has 130 valence electrons. The maximum Gasteiger partial charge on any atom is 0.269 e. The highest BCUT2D eigenvalue weighted by molar-refractivity contribution is 6.37. The van der Waals surface area contributed by atoms with Gasteiger partial charge in [-0.15, -0.1) is 0 Å². The number of nitro benzene ring substituents is 1. The van der Waals surface area contributed by atoms with E-state index in [2.05, 4.69) is 0 Å². The van der Waals surface area contributed by atoms with Crippen molar-refractivity contribution in [2.45, 2.75) is 0 Å². The normalized spacial score (nSPS) is 10.4. The van der Waals surface area contributed by atoms with E-state index in [1.807, 2.05) is 6.07 Å². The van der Waals surface area contributed by atoms with Gasteiger partial charge in [0, 0.05) is 28.5 Å². The van der Waals surface area contributed by atoms with Gasteiger partial charge >= 0.3 is 0 Å². The van der Waals surface area contributed by atoms with Gasteiger partial charge in [-0.2, -0.15) is 0 Å². The fourth-order valence-corrected chi connectivity index (χ4v) is 2.96. The minimum Gasteiger partial charge on any atom is -0.277 e. The second kappa shape index (κ2) is 7.56. The van der Waals surface area contributed by atoms with Crippen LogP contribution in [0.5, 0.6) is 0 Å². The molecule has 0 radical (unpaired) electrons. The zero-order chi connectivity index (χ0) is 18.7. The Morgan fingerprint density at radius 2 is 1.50 bits per heavy atom. The molecule has 0 aliphatic heterocycles. The molecule has 0 aliphatic carbocycles. The summed E-state index contributed by atoms with van der Waals surface area (Å²) in [4.78, 5) is 25.0. The molecule has 0 atom stereocenters. The van der Waals surface area contributed by atoms with E-state index in [1.165, 1.54) is 35.2 Å². The van der Waals surface area contributed by atoms with Gasteiger partial charge in [0.25, 0.3) is 11.6 Å². The lowest BCUT2D eigenvalue weighted by Gasteiger charge is -2.23. The topological polar surface area (TPSA) is 63.5 Å². The summed E-state index contributed by atoms with van der Waals surface area (Å²) < 4.78 is 0. The van der Waals surface area contributed by atoms with Crippen molar-refractivity contribution in [3.8, 4) is 0 Å². The molecule has 3 rings (SSSR count). The Hall–Kier alpha value is -2.89. The molecule has 0 bridgehead atoms. The van der Waals surface area contributed by atoms with Crippen molar-refractivity contribution in [3.05, 3.63) is 98.5 Å². The van der Waals surface area contributed by atoms with Crippen LogP contribution in [0.1, 0.15) is 10.4 Å². The van der Waals surface area contributed by atoms with Gasteiger partial charge < -0.3 is 0 Å². The first-order valence-corrected chi connectivity index (χ1v) is 8.32. The van der Waals surface area contributed by atoms with Gasteiger partial charge in [0.05, 0.1) is 15.5 Å². The zero-order valence-electron chi connectivity index (χ0n) is 13.3. The third kappa shape index (κ3) is 3.69. The average molecular weight is 387 g/mol. The molecule has 26 heavy (non-hydrogen) atoms. The Morgan fingerprint density at radius 3 is 2.08 bits per heavy atom. The maximum absolute atomic E-state index is 13.2. The number of hydrogen-bond acceptors (Lipinski definition) is 3. The first-order chi connectivity index (χ1) is 12.5. The minimum absolute atomic E-state index is 0.0567. The quantitative estimate of drug-likeness (QED) is 0.415. The van der Waals surface area contributed by atoms with E-state index in [9.17, 15) is 14.9 Å². The van der Waals surface area contributed by atoms with Crippen LogP contribution in [-0.4, -0.2) is 10.8 Å². The highest BCUT2D eigenvalue weighted by Gasteiger charge is 2.22. The monoisotopic (exact) mass is 386 g/mol. The lowest BCUT2D eigenvalue weighted by Crippen LogP contribution is -2.26. The Morgan fingerprint density at radius 1 is 0.885 bits per heavy atom. The Bertz CT molecular complexity index is 960. The standard InChI is InChI=1S/C19H12Cl2N2O3/c20-13-6-11-17(18(21)12-13)19(24)22(14-4-2-1-3-5-14)15-7-9-16(10-8-15)23(25)26/h1-12H. The molecule has 0 fully saturated rings. The summed E-state index contributed by atoms with van der Waals surface area (Å²) in [5.41, 5.74) is 1.31.